The number of nitrogens with two attached hydrogens (primary N) is 1. The molecule has 0 heterocycles. The van der Waals surface area contributed by atoms with Crippen molar-refractivity contribution in [2.75, 3.05) is 13.4 Å². The van der Waals surface area contributed by atoms with Crippen molar-refractivity contribution in [3.8, 4) is 5.75 Å². The first-order valence-electron chi connectivity index (χ1n) is 6.29. The Morgan fingerprint density at radius 3 is 2.33 bits per heavy atom. The molecule has 0 bridgehead atoms. The fourth-order valence-electron chi connectivity index (χ4n) is 2.14. The third-order valence-electron chi connectivity index (χ3n) is 3.35. The molecule has 1 aliphatic carbocycles. The van der Waals surface area contributed by atoms with E-state index in [9.17, 15) is 16.8 Å². The summed E-state index contributed by atoms with van der Waals surface area (Å²) in [6.07, 6.45) is 2.14. The zero-order valence-electron chi connectivity index (χ0n) is 11.7. The molecule has 0 atom stereocenters. The predicted molar refractivity (Wildman–Crippen MR) is 77.4 cm³/mol. The molecule has 1 aliphatic rings. The van der Waals surface area contributed by atoms with Gasteiger partial charge in [-0.25, -0.2) is 21.6 Å². The van der Waals surface area contributed by atoms with Crippen LogP contribution < -0.4 is 15.2 Å². The van der Waals surface area contributed by atoms with E-state index in [0.29, 0.717) is 12.8 Å². The molecular formula is C12H18N2O5S2. The number of nitrogens with one attached hydrogen (secondary N) is 1. The second-order valence-corrected chi connectivity index (χ2v) is 8.83. The first-order chi connectivity index (χ1) is 9.63. The molecule has 1 fully saturated rings. The second kappa shape index (κ2) is 5.56. The molecule has 21 heavy (non-hydrogen) atoms. The number of hydrogen-bond acceptors (Lipinski definition) is 6. The van der Waals surface area contributed by atoms with Crippen LogP contribution in [0.25, 0.3) is 0 Å². The lowest BCUT2D eigenvalue weighted by atomic mass is 9.89. The van der Waals surface area contributed by atoms with Crippen molar-refractivity contribution >= 4 is 19.9 Å². The molecule has 0 radical (unpaired) electrons. The Morgan fingerprint density at radius 1 is 1.24 bits per heavy atom. The van der Waals surface area contributed by atoms with Gasteiger partial charge in [-0.1, -0.05) is 0 Å². The fourth-order valence-corrected chi connectivity index (χ4v) is 4.32. The van der Waals surface area contributed by atoms with Crippen LogP contribution in [0.4, 0.5) is 0 Å². The van der Waals surface area contributed by atoms with Gasteiger partial charge in [0.05, 0.1) is 12.0 Å². The van der Waals surface area contributed by atoms with Crippen molar-refractivity contribution in [2.24, 2.45) is 5.73 Å². The smallest absolute Gasteiger partial charge is 0.244 e. The lowest BCUT2D eigenvalue weighted by Gasteiger charge is -2.32. The maximum atomic E-state index is 12.4. The second-order valence-electron chi connectivity index (χ2n) is 5.13. The quantitative estimate of drug-likeness (QED) is 0.775. The lowest BCUT2D eigenvalue weighted by molar-refractivity contribution is 0.326. The molecule has 118 valence electrons. The van der Waals surface area contributed by atoms with Gasteiger partial charge in [0, 0.05) is 18.3 Å². The molecule has 2 rings (SSSR count). The van der Waals surface area contributed by atoms with Gasteiger partial charge in [-0.05, 0) is 31.0 Å². The van der Waals surface area contributed by atoms with Gasteiger partial charge >= 0.3 is 0 Å². The molecule has 0 aromatic heterocycles. The van der Waals surface area contributed by atoms with Gasteiger partial charge in [-0.3, -0.25) is 0 Å². The normalized spacial score (nSPS) is 22.6. The highest BCUT2D eigenvalue weighted by atomic mass is 32.2. The third kappa shape index (κ3) is 3.54. The van der Waals surface area contributed by atoms with Gasteiger partial charge in [-0.15, -0.1) is 0 Å². The molecule has 3 N–H and O–H groups in total. The molecule has 0 spiro atoms. The molecular weight excluding hydrogens is 316 g/mol. The summed E-state index contributed by atoms with van der Waals surface area (Å²) in [5.41, 5.74) is 5.62. The monoisotopic (exact) mass is 334 g/mol. The Morgan fingerprint density at radius 2 is 1.86 bits per heavy atom. The summed E-state index contributed by atoms with van der Waals surface area (Å²) in [4.78, 5) is -0.262. The standard InChI is InChI=1S/C12H18N2O5S2/c1-19-11-4-3-10(20(2,15)16)7-12(11)21(17,18)14-9-5-8(13)6-9/h3-4,7-9,14H,5-6,13H2,1-2H3. The van der Waals surface area contributed by atoms with E-state index in [1.54, 1.807) is 0 Å². The van der Waals surface area contributed by atoms with E-state index in [1.807, 2.05) is 0 Å². The number of sulfone groups is 1. The Labute approximate surface area is 124 Å². The molecule has 9 heteroatoms. The number of ether oxygens (including phenoxy) is 1. The minimum Gasteiger partial charge on any atom is -0.495 e. The highest BCUT2D eigenvalue weighted by molar-refractivity contribution is 7.91. The first kappa shape index (κ1) is 16.2. The van der Waals surface area contributed by atoms with Crippen molar-refractivity contribution < 1.29 is 21.6 Å². The topological polar surface area (TPSA) is 116 Å². The predicted octanol–water partition coefficient (Wildman–Crippen LogP) is -0.133. The summed E-state index contributed by atoms with van der Waals surface area (Å²) in [6, 6.07) is 3.53. The Balaban J connectivity index is 2.40. The van der Waals surface area contributed by atoms with E-state index in [2.05, 4.69) is 4.72 Å². The molecule has 0 unspecified atom stereocenters. The average molecular weight is 334 g/mol. The van der Waals surface area contributed by atoms with Gasteiger partial charge in [0.2, 0.25) is 10.0 Å². The van der Waals surface area contributed by atoms with Crippen LogP contribution in [0.2, 0.25) is 0 Å². The van der Waals surface area contributed by atoms with E-state index in [-0.39, 0.29) is 27.6 Å². The summed E-state index contributed by atoms with van der Waals surface area (Å²) in [7, 11) is -6.04. The highest BCUT2D eigenvalue weighted by Gasteiger charge is 2.32. The van der Waals surface area contributed by atoms with Gasteiger partial charge in [0.1, 0.15) is 10.6 Å². The number of rotatable bonds is 5. The van der Waals surface area contributed by atoms with Crippen LogP contribution in [0.3, 0.4) is 0 Å². The fraction of sp³-hybridized carbons (Fsp3) is 0.500. The van der Waals surface area contributed by atoms with E-state index < -0.39 is 19.9 Å². The van der Waals surface area contributed by atoms with Crippen LogP contribution in [-0.2, 0) is 19.9 Å². The minimum absolute atomic E-state index is 0.00181. The van der Waals surface area contributed by atoms with Crippen molar-refractivity contribution in [1.82, 2.24) is 4.72 Å². The summed E-state index contributed by atoms with van der Waals surface area (Å²) < 4.78 is 55.4. The zero-order valence-corrected chi connectivity index (χ0v) is 13.4. The lowest BCUT2D eigenvalue weighted by Crippen LogP contribution is -2.50. The van der Waals surface area contributed by atoms with Gasteiger partial charge in [0.25, 0.3) is 0 Å². The number of hydrogen-bond donors (Lipinski definition) is 2. The molecule has 1 aromatic rings. The van der Waals surface area contributed by atoms with Crippen LogP contribution in [0.5, 0.6) is 5.75 Å². The maximum Gasteiger partial charge on any atom is 0.244 e. The van der Waals surface area contributed by atoms with E-state index >= 15 is 0 Å². The van der Waals surface area contributed by atoms with Gasteiger partial charge in [-0.2, -0.15) is 0 Å². The molecule has 0 aliphatic heterocycles. The summed E-state index contributed by atoms with van der Waals surface area (Å²) >= 11 is 0. The van der Waals surface area contributed by atoms with Gasteiger partial charge < -0.3 is 10.5 Å². The molecule has 0 amide bonds. The zero-order chi connectivity index (χ0) is 15.8. The van der Waals surface area contributed by atoms with Crippen molar-refractivity contribution in [2.45, 2.75) is 34.7 Å². The van der Waals surface area contributed by atoms with E-state index in [0.717, 1.165) is 12.3 Å². The van der Waals surface area contributed by atoms with Crippen LogP contribution in [0.15, 0.2) is 28.0 Å². The molecule has 7 nitrogen and oxygen atoms in total. The van der Waals surface area contributed by atoms with E-state index in [1.165, 1.54) is 19.2 Å². The average Bonchev–Trinajstić information content (AvgIpc) is 2.34. The molecule has 0 saturated heterocycles. The highest BCUT2D eigenvalue weighted by Crippen LogP contribution is 2.28. The molecule has 1 saturated carbocycles. The van der Waals surface area contributed by atoms with Crippen molar-refractivity contribution in [3.63, 3.8) is 0 Å². The largest absolute Gasteiger partial charge is 0.495 e. The third-order valence-corrected chi connectivity index (χ3v) is 6.00. The van der Waals surface area contributed by atoms with Crippen LogP contribution >= 0.6 is 0 Å². The van der Waals surface area contributed by atoms with Gasteiger partial charge in [0.15, 0.2) is 9.84 Å². The summed E-state index contributed by atoms with van der Waals surface area (Å²) in [5, 5.41) is 0. The minimum atomic E-state index is -3.86. The maximum absolute atomic E-state index is 12.4. The Kier molecular flexibility index (Phi) is 4.29. The summed E-state index contributed by atoms with van der Waals surface area (Å²) in [5.74, 6) is 0.0959. The van der Waals surface area contributed by atoms with E-state index in [4.69, 9.17) is 10.5 Å². The van der Waals surface area contributed by atoms with Crippen LogP contribution in [0, 0.1) is 0 Å². The van der Waals surface area contributed by atoms with Crippen LogP contribution in [-0.4, -0.2) is 42.3 Å². The number of sulfonamides is 1. The number of methoxy groups -OCH3 is 1. The Hall–Kier alpha value is -1.16. The van der Waals surface area contributed by atoms with Crippen LogP contribution in [0.1, 0.15) is 12.8 Å². The first-order valence-corrected chi connectivity index (χ1v) is 9.67. The molecule has 1 aromatic carbocycles. The summed E-state index contributed by atoms with van der Waals surface area (Å²) in [6.45, 7) is 0. The van der Waals surface area contributed by atoms with Crippen molar-refractivity contribution in [1.29, 1.82) is 0 Å². The SMILES string of the molecule is COc1ccc(S(C)(=O)=O)cc1S(=O)(=O)NC1CC(N)C1. The number of benzene rings is 1. The van der Waals surface area contributed by atoms with Crippen molar-refractivity contribution in [3.05, 3.63) is 18.2 Å². The Bertz CT molecular complexity index is 737.